The van der Waals surface area contributed by atoms with E-state index >= 15 is 0 Å². The van der Waals surface area contributed by atoms with Crippen molar-refractivity contribution in [3.8, 4) is 11.5 Å². The zero-order valence-electron chi connectivity index (χ0n) is 15.8. The average Bonchev–Trinajstić information content (AvgIpc) is 3.35. The van der Waals surface area contributed by atoms with Crippen molar-refractivity contribution in [1.29, 1.82) is 0 Å². The second-order valence-corrected chi connectivity index (χ2v) is 7.73. The number of fused-ring (bicyclic) bond motifs is 2. The van der Waals surface area contributed by atoms with Crippen molar-refractivity contribution in [1.82, 2.24) is 15.2 Å². The fraction of sp³-hybridized carbons (Fsp3) is 0.429. The Hall–Kier alpha value is -2.80. The van der Waals surface area contributed by atoms with E-state index in [2.05, 4.69) is 26.1 Å². The standard InChI is InChI=1S/C21H24N4O3/c1-27-18-4-2-3-5-19(18)28-20-9-14-12-25(11-13(14)8-17(20)26)16-6-7-22-21-15(16)10-23-24-21/h2-7,10,13-14,17,20,26H,8-9,11-12H2,1H3,(H,22,23,24)/t13-,14+,17+,20+/m0/s1. The molecule has 0 amide bonds. The number of aromatic nitrogens is 3. The lowest BCUT2D eigenvalue weighted by molar-refractivity contribution is -0.0240. The van der Waals surface area contributed by atoms with Crippen LogP contribution in [0.4, 0.5) is 5.69 Å². The molecule has 1 aromatic carbocycles. The number of aliphatic hydroxyl groups is 1. The number of nitrogens with one attached hydrogen (secondary N) is 1. The normalized spacial score (nSPS) is 27.0. The van der Waals surface area contributed by atoms with Gasteiger partial charge < -0.3 is 19.5 Å². The highest BCUT2D eigenvalue weighted by Gasteiger charge is 2.43. The Morgan fingerprint density at radius 2 is 1.89 bits per heavy atom. The van der Waals surface area contributed by atoms with Crippen LogP contribution in [0.2, 0.25) is 0 Å². The summed E-state index contributed by atoms with van der Waals surface area (Å²) in [6.45, 7) is 1.89. The number of anilines is 1. The zero-order chi connectivity index (χ0) is 19.1. The summed E-state index contributed by atoms with van der Waals surface area (Å²) in [7, 11) is 1.63. The number of H-pyrrole nitrogens is 1. The first kappa shape index (κ1) is 17.3. The van der Waals surface area contributed by atoms with Crippen LogP contribution >= 0.6 is 0 Å². The Labute approximate surface area is 163 Å². The van der Waals surface area contributed by atoms with Crippen LogP contribution in [0, 0.1) is 11.8 Å². The van der Waals surface area contributed by atoms with E-state index in [1.54, 1.807) is 7.11 Å². The maximum absolute atomic E-state index is 10.7. The van der Waals surface area contributed by atoms with Gasteiger partial charge in [-0.3, -0.25) is 5.10 Å². The molecule has 4 atom stereocenters. The summed E-state index contributed by atoms with van der Waals surface area (Å²) >= 11 is 0. The fourth-order valence-corrected chi connectivity index (χ4v) is 4.71. The molecule has 146 valence electrons. The summed E-state index contributed by atoms with van der Waals surface area (Å²) in [5.41, 5.74) is 1.97. The number of benzene rings is 1. The third-order valence-electron chi connectivity index (χ3n) is 6.10. The minimum atomic E-state index is -0.475. The van der Waals surface area contributed by atoms with Gasteiger partial charge in [0.15, 0.2) is 17.1 Å². The van der Waals surface area contributed by atoms with Crippen LogP contribution in [0.3, 0.4) is 0 Å². The summed E-state index contributed by atoms with van der Waals surface area (Å²) in [6, 6.07) is 9.66. The largest absolute Gasteiger partial charge is 0.493 e. The van der Waals surface area contributed by atoms with Crippen LogP contribution in [-0.4, -0.2) is 52.7 Å². The van der Waals surface area contributed by atoms with Crippen molar-refractivity contribution in [2.45, 2.75) is 25.0 Å². The Kier molecular flexibility index (Phi) is 4.31. The van der Waals surface area contributed by atoms with Gasteiger partial charge in [0.2, 0.25) is 0 Å². The van der Waals surface area contributed by atoms with Gasteiger partial charge in [0.05, 0.1) is 30.5 Å². The quantitative estimate of drug-likeness (QED) is 0.724. The summed E-state index contributed by atoms with van der Waals surface area (Å²) in [6.07, 6.45) is 4.55. The maximum atomic E-state index is 10.7. The molecule has 1 aliphatic carbocycles. The number of pyridine rings is 1. The SMILES string of the molecule is COc1ccccc1O[C@@H]1C[C@@H]2CN(c3ccnc4[nH]ncc34)C[C@@H]2C[C@H]1O. The maximum Gasteiger partial charge on any atom is 0.161 e. The first-order valence-electron chi connectivity index (χ1n) is 9.73. The number of methoxy groups -OCH3 is 1. The monoisotopic (exact) mass is 380 g/mol. The van der Waals surface area contributed by atoms with Gasteiger partial charge in [0, 0.05) is 19.3 Å². The topological polar surface area (TPSA) is 83.5 Å². The lowest BCUT2D eigenvalue weighted by atomic mass is 9.78. The number of hydrogen-bond acceptors (Lipinski definition) is 6. The third kappa shape index (κ3) is 2.96. The molecule has 2 fully saturated rings. The molecule has 0 unspecified atom stereocenters. The predicted octanol–water partition coefficient (Wildman–Crippen LogP) is 2.62. The number of para-hydroxylation sites is 2. The summed E-state index contributed by atoms with van der Waals surface area (Å²) in [4.78, 5) is 6.73. The first-order valence-corrected chi connectivity index (χ1v) is 9.73. The lowest BCUT2D eigenvalue weighted by Crippen LogP contribution is -2.42. The highest BCUT2D eigenvalue weighted by molar-refractivity contribution is 5.88. The minimum absolute atomic E-state index is 0.219. The van der Waals surface area contributed by atoms with Crippen LogP contribution < -0.4 is 14.4 Å². The number of rotatable bonds is 4. The number of aliphatic hydroxyl groups excluding tert-OH is 1. The van der Waals surface area contributed by atoms with Crippen molar-refractivity contribution in [3.05, 3.63) is 42.7 Å². The molecular formula is C21H24N4O3. The number of ether oxygens (including phenoxy) is 2. The summed E-state index contributed by atoms with van der Waals surface area (Å²) in [5.74, 6) is 2.33. The van der Waals surface area contributed by atoms with Crippen molar-refractivity contribution in [2.24, 2.45) is 11.8 Å². The smallest absolute Gasteiger partial charge is 0.161 e. The highest BCUT2D eigenvalue weighted by atomic mass is 16.5. The van der Waals surface area contributed by atoms with E-state index in [0.717, 1.165) is 42.7 Å². The van der Waals surface area contributed by atoms with Crippen molar-refractivity contribution >= 4 is 16.7 Å². The van der Waals surface area contributed by atoms with Gasteiger partial charge in [-0.1, -0.05) is 12.1 Å². The van der Waals surface area contributed by atoms with E-state index in [1.807, 2.05) is 36.7 Å². The molecule has 0 radical (unpaired) electrons. The summed E-state index contributed by atoms with van der Waals surface area (Å²) in [5, 5.41) is 18.8. The Morgan fingerprint density at radius 1 is 1.11 bits per heavy atom. The summed E-state index contributed by atoms with van der Waals surface area (Å²) < 4.78 is 11.6. The zero-order valence-corrected chi connectivity index (χ0v) is 15.8. The molecule has 28 heavy (non-hydrogen) atoms. The van der Waals surface area contributed by atoms with Crippen molar-refractivity contribution in [3.63, 3.8) is 0 Å². The van der Waals surface area contributed by atoms with Crippen LogP contribution in [0.25, 0.3) is 11.0 Å². The van der Waals surface area contributed by atoms with E-state index in [9.17, 15) is 5.11 Å². The Bertz CT molecular complexity index is 975. The van der Waals surface area contributed by atoms with Gasteiger partial charge in [-0.2, -0.15) is 5.10 Å². The minimum Gasteiger partial charge on any atom is -0.493 e. The van der Waals surface area contributed by atoms with Crippen molar-refractivity contribution in [2.75, 3.05) is 25.1 Å². The molecule has 0 bridgehead atoms. The molecule has 1 aliphatic heterocycles. The van der Waals surface area contributed by atoms with E-state index in [4.69, 9.17) is 9.47 Å². The van der Waals surface area contributed by atoms with Crippen LogP contribution in [0.1, 0.15) is 12.8 Å². The molecular weight excluding hydrogens is 356 g/mol. The molecule has 1 saturated heterocycles. The molecule has 5 rings (SSSR count). The molecule has 3 heterocycles. The van der Waals surface area contributed by atoms with E-state index in [-0.39, 0.29) is 6.10 Å². The molecule has 2 aromatic heterocycles. The van der Waals surface area contributed by atoms with Crippen LogP contribution in [0.15, 0.2) is 42.7 Å². The Balaban J connectivity index is 1.34. The average molecular weight is 380 g/mol. The number of nitrogens with zero attached hydrogens (tertiary/aromatic N) is 3. The fourth-order valence-electron chi connectivity index (χ4n) is 4.71. The third-order valence-corrected chi connectivity index (χ3v) is 6.10. The molecule has 2 aliphatic rings. The second kappa shape index (κ2) is 6.98. The van der Waals surface area contributed by atoms with Gasteiger partial charge in [-0.15, -0.1) is 0 Å². The second-order valence-electron chi connectivity index (χ2n) is 7.73. The lowest BCUT2D eigenvalue weighted by Gasteiger charge is -2.35. The molecule has 0 spiro atoms. The number of hydrogen-bond donors (Lipinski definition) is 2. The predicted molar refractivity (Wildman–Crippen MR) is 106 cm³/mol. The van der Waals surface area contributed by atoms with Crippen LogP contribution in [-0.2, 0) is 0 Å². The molecule has 2 N–H and O–H groups in total. The van der Waals surface area contributed by atoms with Gasteiger partial charge in [-0.25, -0.2) is 4.98 Å². The molecule has 7 nitrogen and oxygen atoms in total. The van der Waals surface area contributed by atoms with Gasteiger partial charge in [0.25, 0.3) is 0 Å². The van der Waals surface area contributed by atoms with E-state index in [0.29, 0.717) is 23.3 Å². The molecule has 1 saturated carbocycles. The van der Waals surface area contributed by atoms with Crippen molar-refractivity contribution < 1.29 is 14.6 Å². The van der Waals surface area contributed by atoms with Crippen LogP contribution in [0.5, 0.6) is 11.5 Å². The first-order chi connectivity index (χ1) is 13.7. The van der Waals surface area contributed by atoms with E-state index in [1.165, 1.54) is 0 Å². The number of aromatic amines is 1. The molecule has 3 aromatic rings. The molecule has 7 heteroatoms. The van der Waals surface area contributed by atoms with Gasteiger partial charge in [-0.05, 0) is 42.9 Å². The van der Waals surface area contributed by atoms with Gasteiger partial charge in [0.1, 0.15) is 6.10 Å². The highest BCUT2D eigenvalue weighted by Crippen LogP contribution is 2.41. The Morgan fingerprint density at radius 3 is 2.71 bits per heavy atom. The van der Waals surface area contributed by atoms with E-state index < -0.39 is 6.10 Å². The van der Waals surface area contributed by atoms with Gasteiger partial charge >= 0.3 is 0 Å².